The summed E-state index contributed by atoms with van der Waals surface area (Å²) in [6.45, 7) is 28.2. The van der Waals surface area contributed by atoms with Gasteiger partial charge in [0.15, 0.2) is 0 Å². The predicted molar refractivity (Wildman–Crippen MR) is 165 cm³/mol. The summed E-state index contributed by atoms with van der Waals surface area (Å²) < 4.78 is 15.0. The molecule has 2 aromatic carbocycles. The normalized spacial score (nSPS) is 21.2. The van der Waals surface area contributed by atoms with E-state index in [1.54, 1.807) is 0 Å². The summed E-state index contributed by atoms with van der Waals surface area (Å²) in [6.07, 6.45) is 3.19. The molecule has 0 aliphatic heterocycles. The SMILES string of the molecule is Cc1ccc(C2(O[Si](C(C)C)(C(C)C)C(C)C)CC(O[Si](C)(C)C(C)(C)C)=CC2c2ccccc2)cc1. The summed E-state index contributed by atoms with van der Waals surface area (Å²) in [5.41, 5.74) is 4.85. The van der Waals surface area contributed by atoms with Gasteiger partial charge in [0.2, 0.25) is 16.6 Å². The Hall–Kier alpha value is -1.63. The molecule has 0 radical (unpaired) electrons. The molecular formula is C33H52O2Si2. The van der Waals surface area contributed by atoms with E-state index in [4.69, 9.17) is 8.85 Å². The zero-order chi connectivity index (χ0) is 27.8. The highest BCUT2D eigenvalue weighted by Crippen LogP contribution is 2.57. The van der Waals surface area contributed by atoms with Gasteiger partial charge >= 0.3 is 0 Å². The number of benzene rings is 2. The van der Waals surface area contributed by atoms with Crippen LogP contribution in [0.4, 0.5) is 0 Å². The van der Waals surface area contributed by atoms with Crippen molar-refractivity contribution in [1.29, 1.82) is 0 Å². The van der Waals surface area contributed by atoms with E-state index >= 15 is 0 Å². The fourth-order valence-electron chi connectivity index (χ4n) is 6.27. The van der Waals surface area contributed by atoms with Crippen LogP contribution in [0.5, 0.6) is 0 Å². The van der Waals surface area contributed by atoms with Gasteiger partial charge in [0.25, 0.3) is 0 Å². The smallest absolute Gasteiger partial charge is 0.250 e. The van der Waals surface area contributed by atoms with Crippen LogP contribution in [-0.4, -0.2) is 16.6 Å². The number of rotatable bonds is 9. The van der Waals surface area contributed by atoms with Crippen molar-refractivity contribution in [2.24, 2.45) is 0 Å². The lowest BCUT2D eigenvalue weighted by molar-refractivity contribution is 0.0348. The maximum Gasteiger partial charge on any atom is 0.250 e. The van der Waals surface area contributed by atoms with Crippen molar-refractivity contribution in [1.82, 2.24) is 0 Å². The van der Waals surface area contributed by atoms with Crippen molar-refractivity contribution in [2.45, 2.75) is 122 Å². The van der Waals surface area contributed by atoms with Gasteiger partial charge in [0.1, 0.15) is 0 Å². The number of hydrogen-bond donors (Lipinski definition) is 0. The Labute approximate surface area is 230 Å². The van der Waals surface area contributed by atoms with E-state index in [9.17, 15) is 0 Å². The number of aryl methyl sites for hydroxylation is 1. The predicted octanol–water partition coefficient (Wildman–Crippen LogP) is 10.5. The van der Waals surface area contributed by atoms with Crippen molar-refractivity contribution in [2.75, 3.05) is 0 Å². The molecule has 3 rings (SSSR count). The van der Waals surface area contributed by atoms with E-state index in [1.165, 1.54) is 16.7 Å². The maximum absolute atomic E-state index is 7.92. The second-order valence-corrected chi connectivity index (χ2v) is 23.8. The first-order chi connectivity index (χ1) is 17.1. The minimum Gasteiger partial charge on any atom is -0.547 e. The van der Waals surface area contributed by atoms with Crippen LogP contribution in [0.25, 0.3) is 0 Å². The number of hydrogen-bond acceptors (Lipinski definition) is 2. The van der Waals surface area contributed by atoms with Crippen LogP contribution in [0.1, 0.15) is 91.3 Å². The summed E-state index contributed by atoms with van der Waals surface area (Å²) in [5, 5.41) is 0.137. The Kier molecular flexibility index (Phi) is 8.78. The molecule has 2 nitrogen and oxygen atoms in total. The van der Waals surface area contributed by atoms with Crippen LogP contribution in [0, 0.1) is 6.92 Å². The van der Waals surface area contributed by atoms with Crippen molar-refractivity contribution >= 4 is 16.6 Å². The molecule has 0 aromatic heterocycles. The second-order valence-electron chi connectivity index (χ2n) is 13.7. The standard InChI is InChI=1S/C33H52O2Si2/c1-24(2)37(25(3)4,26(5)6)35-33(29-20-18-27(7)19-21-29)23-30(34-36(11,12)32(8,9)10)22-31(33)28-16-14-13-15-17-28/h13-22,24-26,31H,23H2,1-12H3. The topological polar surface area (TPSA) is 18.5 Å². The highest BCUT2D eigenvalue weighted by Gasteiger charge is 2.56. The zero-order valence-corrected chi connectivity index (χ0v) is 27.6. The molecule has 0 spiro atoms. The van der Waals surface area contributed by atoms with Gasteiger partial charge in [-0.05, 0) is 58.9 Å². The van der Waals surface area contributed by atoms with Gasteiger partial charge in [0.05, 0.1) is 11.4 Å². The molecule has 2 atom stereocenters. The fraction of sp³-hybridized carbons (Fsp3) is 0.576. The lowest BCUT2D eigenvalue weighted by Gasteiger charge is -2.51. The van der Waals surface area contributed by atoms with Crippen LogP contribution in [0.3, 0.4) is 0 Å². The van der Waals surface area contributed by atoms with Gasteiger partial charge in [-0.25, -0.2) is 0 Å². The quantitative estimate of drug-likeness (QED) is 0.297. The molecule has 0 heterocycles. The molecule has 4 heteroatoms. The Bertz CT molecular complexity index is 1040. The first kappa shape index (κ1) is 29.9. The molecule has 0 saturated carbocycles. The average Bonchev–Trinajstić information content (AvgIpc) is 3.15. The van der Waals surface area contributed by atoms with Crippen LogP contribution in [-0.2, 0) is 14.5 Å². The lowest BCUT2D eigenvalue weighted by Crippen LogP contribution is -2.54. The van der Waals surface area contributed by atoms with Crippen molar-refractivity contribution in [3.05, 3.63) is 83.1 Å². The summed E-state index contributed by atoms with van der Waals surface area (Å²) in [6, 6.07) is 20.1. The van der Waals surface area contributed by atoms with Crippen LogP contribution < -0.4 is 0 Å². The van der Waals surface area contributed by atoms with Crippen LogP contribution in [0.15, 0.2) is 66.4 Å². The maximum atomic E-state index is 7.92. The Morgan fingerprint density at radius 3 is 1.78 bits per heavy atom. The molecule has 0 N–H and O–H groups in total. The average molecular weight is 537 g/mol. The Morgan fingerprint density at radius 2 is 1.32 bits per heavy atom. The highest BCUT2D eigenvalue weighted by molar-refractivity contribution is 6.77. The molecule has 2 unspecified atom stereocenters. The molecular weight excluding hydrogens is 485 g/mol. The van der Waals surface area contributed by atoms with Gasteiger partial charge < -0.3 is 8.85 Å². The first-order valence-corrected chi connectivity index (χ1v) is 19.3. The molecule has 204 valence electrons. The summed E-state index contributed by atoms with van der Waals surface area (Å²) >= 11 is 0. The lowest BCUT2D eigenvalue weighted by atomic mass is 9.79. The second kappa shape index (κ2) is 10.9. The van der Waals surface area contributed by atoms with Crippen molar-refractivity contribution in [3.63, 3.8) is 0 Å². The van der Waals surface area contributed by atoms with Crippen LogP contribution in [0.2, 0.25) is 34.8 Å². The largest absolute Gasteiger partial charge is 0.547 e. The molecule has 0 bridgehead atoms. The van der Waals surface area contributed by atoms with Gasteiger partial charge in [-0.3, -0.25) is 0 Å². The minimum absolute atomic E-state index is 0.0966. The van der Waals surface area contributed by atoms with Gasteiger partial charge in [-0.15, -0.1) is 0 Å². The monoisotopic (exact) mass is 536 g/mol. The van der Waals surface area contributed by atoms with E-state index in [2.05, 4.69) is 143 Å². The molecule has 0 fully saturated rings. The third-order valence-corrected chi connectivity index (χ3v) is 19.8. The molecule has 0 amide bonds. The van der Waals surface area contributed by atoms with E-state index in [0.717, 1.165) is 12.2 Å². The van der Waals surface area contributed by atoms with E-state index < -0.39 is 22.2 Å². The minimum atomic E-state index is -2.24. The van der Waals surface area contributed by atoms with Gasteiger partial charge in [-0.1, -0.05) is 122 Å². The first-order valence-electron chi connectivity index (χ1n) is 14.3. The summed E-state index contributed by atoms with van der Waals surface area (Å²) in [5.74, 6) is 1.21. The Morgan fingerprint density at radius 1 is 0.811 bits per heavy atom. The molecule has 0 saturated heterocycles. The van der Waals surface area contributed by atoms with Crippen molar-refractivity contribution < 1.29 is 8.85 Å². The van der Waals surface area contributed by atoms with Crippen LogP contribution >= 0.6 is 0 Å². The van der Waals surface area contributed by atoms with E-state index in [0.29, 0.717) is 16.6 Å². The van der Waals surface area contributed by atoms with Crippen molar-refractivity contribution in [3.8, 4) is 0 Å². The molecule has 37 heavy (non-hydrogen) atoms. The van der Waals surface area contributed by atoms with E-state index in [1.807, 2.05) is 0 Å². The third kappa shape index (κ3) is 5.72. The molecule has 2 aromatic rings. The zero-order valence-electron chi connectivity index (χ0n) is 25.6. The van der Waals surface area contributed by atoms with E-state index in [-0.39, 0.29) is 11.0 Å². The summed E-state index contributed by atoms with van der Waals surface area (Å²) in [4.78, 5) is 0. The molecule has 1 aliphatic carbocycles. The van der Waals surface area contributed by atoms with Gasteiger partial charge in [-0.2, -0.15) is 0 Å². The van der Waals surface area contributed by atoms with Gasteiger partial charge in [0, 0.05) is 12.3 Å². The highest BCUT2D eigenvalue weighted by atomic mass is 28.4. The fourth-order valence-corrected chi connectivity index (χ4v) is 13.0. The third-order valence-electron chi connectivity index (χ3n) is 9.25. The summed E-state index contributed by atoms with van der Waals surface area (Å²) in [7, 11) is -4.25. The molecule has 1 aliphatic rings. The Balaban J connectivity index is 2.28.